The molecular weight excluding hydrogens is 262 g/mol. The maximum atomic E-state index is 4.69. The van der Waals surface area contributed by atoms with Crippen LogP contribution in [0.15, 0.2) is 11.1 Å². The first kappa shape index (κ1) is 15.9. The molecule has 20 heavy (non-hydrogen) atoms. The Labute approximate surface area is 129 Å². The maximum absolute atomic E-state index is 4.69. The SMILES string of the molecule is Cc1ncc(C(C)C)c2c1S[C@@H](C)[C@@H](C)CC2C(C)C. The van der Waals surface area contributed by atoms with Crippen LogP contribution in [0.4, 0.5) is 0 Å². The van der Waals surface area contributed by atoms with Gasteiger partial charge in [-0.25, -0.2) is 0 Å². The quantitative estimate of drug-likeness (QED) is 0.685. The Morgan fingerprint density at radius 2 is 1.85 bits per heavy atom. The Morgan fingerprint density at radius 1 is 1.20 bits per heavy atom. The van der Waals surface area contributed by atoms with Gasteiger partial charge in [0.15, 0.2) is 0 Å². The highest BCUT2D eigenvalue weighted by atomic mass is 32.2. The van der Waals surface area contributed by atoms with E-state index in [0.717, 1.165) is 5.92 Å². The van der Waals surface area contributed by atoms with E-state index in [0.29, 0.717) is 23.0 Å². The van der Waals surface area contributed by atoms with Crippen LogP contribution in [0.2, 0.25) is 0 Å². The van der Waals surface area contributed by atoms with Crippen molar-refractivity contribution in [2.75, 3.05) is 0 Å². The molecule has 1 aliphatic heterocycles. The minimum atomic E-state index is 0.558. The molecule has 0 aromatic carbocycles. The fourth-order valence-corrected chi connectivity index (χ4v) is 4.56. The Bertz CT molecular complexity index is 479. The van der Waals surface area contributed by atoms with Crippen LogP contribution in [-0.2, 0) is 0 Å². The summed E-state index contributed by atoms with van der Waals surface area (Å²) in [6.07, 6.45) is 3.44. The molecule has 2 heterocycles. The zero-order valence-electron chi connectivity index (χ0n) is 14.0. The molecule has 1 aliphatic rings. The average Bonchev–Trinajstić information content (AvgIpc) is 2.49. The van der Waals surface area contributed by atoms with Gasteiger partial charge in [0.05, 0.1) is 5.69 Å². The Hall–Kier alpha value is -0.500. The summed E-state index contributed by atoms with van der Waals surface area (Å²) in [6, 6.07) is 0. The zero-order valence-corrected chi connectivity index (χ0v) is 14.8. The fourth-order valence-electron chi connectivity index (χ4n) is 3.23. The number of hydrogen-bond donors (Lipinski definition) is 0. The van der Waals surface area contributed by atoms with Crippen molar-refractivity contribution in [3.05, 3.63) is 23.0 Å². The van der Waals surface area contributed by atoms with Crippen LogP contribution < -0.4 is 0 Å². The molecule has 3 atom stereocenters. The van der Waals surface area contributed by atoms with Gasteiger partial charge >= 0.3 is 0 Å². The van der Waals surface area contributed by atoms with Crippen molar-refractivity contribution < 1.29 is 0 Å². The molecular formula is C18H29NS. The van der Waals surface area contributed by atoms with Crippen LogP contribution in [0, 0.1) is 18.8 Å². The lowest BCUT2D eigenvalue weighted by Crippen LogP contribution is -2.16. The lowest BCUT2D eigenvalue weighted by atomic mass is 9.78. The van der Waals surface area contributed by atoms with E-state index in [4.69, 9.17) is 0 Å². The third-order valence-electron chi connectivity index (χ3n) is 4.81. The second-order valence-corrected chi connectivity index (χ2v) is 8.47. The highest BCUT2D eigenvalue weighted by Gasteiger charge is 2.32. The van der Waals surface area contributed by atoms with Crippen LogP contribution in [0.5, 0.6) is 0 Å². The van der Waals surface area contributed by atoms with Crippen molar-refractivity contribution in [2.45, 2.75) is 76.9 Å². The van der Waals surface area contributed by atoms with Crippen molar-refractivity contribution in [2.24, 2.45) is 11.8 Å². The van der Waals surface area contributed by atoms with Gasteiger partial charge in [0.25, 0.3) is 0 Å². The van der Waals surface area contributed by atoms with Gasteiger partial charge in [0, 0.05) is 16.3 Å². The van der Waals surface area contributed by atoms with E-state index in [1.54, 1.807) is 5.56 Å². The summed E-state index contributed by atoms with van der Waals surface area (Å²) in [4.78, 5) is 6.17. The predicted octanol–water partition coefficient (Wildman–Crippen LogP) is 5.77. The van der Waals surface area contributed by atoms with Gasteiger partial charge in [-0.1, -0.05) is 41.5 Å². The molecule has 0 bridgehead atoms. The van der Waals surface area contributed by atoms with E-state index in [9.17, 15) is 0 Å². The molecule has 0 radical (unpaired) electrons. The summed E-state index contributed by atoms with van der Waals surface area (Å²) in [7, 11) is 0. The van der Waals surface area contributed by atoms with Crippen molar-refractivity contribution in [3.8, 4) is 0 Å². The second kappa shape index (κ2) is 6.09. The lowest BCUT2D eigenvalue weighted by molar-refractivity contribution is 0.388. The van der Waals surface area contributed by atoms with E-state index in [2.05, 4.69) is 71.4 Å². The van der Waals surface area contributed by atoms with Crippen molar-refractivity contribution in [1.82, 2.24) is 4.98 Å². The Kier molecular flexibility index (Phi) is 4.84. The van der Waals surface area contributed by atoms with Gasteiger partial charge in [-0.3, -0.25) is 4.98 Å². The van der Waals surface area contributed by atoms with Gasteiger partial charge in [-0.05, 0) is 48.1 Å². The number of thioether (sulfide) groups is 1. The van der Waals surface area contributed by atoms with Crippen LogP contribution in [0.3, 0.4) is 0 Å². The lowest BCUT2D eigenvalue weighted by Gasteiger charge is -2.27. The number of aryl methyl sites for hydroxylation is 1. The van der Waals surface area contributed by atoms with Gasteiger partial charge < -0.3 is 0 Å². The predicted molar refractivity (Wildman–Crippen MR) is 89.7 cm³/mol. The van der Waals surface area contributed by atoms with Crippen LogP contribution in [0.25, 0.3) is 0 Å². The molecule has 1 aromatic heterocycles. The van der Waals surface area contributed by atoms with Crippen molar-refractivity contribution in [1.29, 1.82) is 0 Å². The fraction of sp³-hybridized carbons (Fsp3) is 0.722. The van der Waals surface area contributed by atoms with E-state index >= 15 is 0 Å². The number of fused-ring (bicyclic) bond motifs is 1. The van der Waals surface area contributed by atoms with Crippen molar-refractivity contribution >= 4 is 11.8 Å². The van der Waals surface area contributed by atoms with Crippen molar-refractivity contribution in [3.63, 3.8) is 0 Å². The highest BCUT2D eigenvalue weighted by molar-refractivity contribution is 8.00. The van der Waals surface area contributed by atoms with Gasteiger partial charge in [-0.2, -0.15) is 0 Å². The molecule has 0 N–H and O–H groups in total. The molecule has 1 unspecified atom stereocenters. The summed E-state index contributed by atoms with van der Waals surface area (Å²) >= 11 is 2.06. The molecule has 0 saturated heterocycles. The Morgan fingerprint density at radius 3 is 2.40 bits per heavy atom. The first-order valence-corrected chi connectivity index (χ1v) is 8.86. The second-order valence-electron chi connectivity index (χ2n) is 7.08. The average molecular weight is 292 g/mol. The van der Waals surface area contributed by atoms with E-state index < -0.39 is 0 Å². The molecule has 0 saturated carbocycles. The molecule has 1 nitrogen and oxygen atoms in total. The first-order valence-electron chi connectivity index (χ1n) is 7.98. The largest absolute Gasteiger partial charge is 0.260 e. The summed E-state index contributed by atoms with van der Waals surface area (Å²) in [5, 5.41) is 0.681. The summed E-state index contributed by atoms with van der Waals surface area (Å²) in [6.45, 7) is 16.3. The normalized spacial score (nSPS) is 26.8. The third-order valence-corrected chi connectivity index (χ3v) is 6.40. The molecule has 0 amide bonds. The number of hydrogen-bond acceptors (Lipinski definition) is 2. The van der Waals surface area contributed by atoms with Crippen LogP contribution >= 0.6 is 11.8 Å². The number of pyridine rings is 1. The zero-order chi connectivity index (χ0) is 15.0. The van der Waals surface area contributed by atoms with E-state index in [1.165, 1.54) is 22.6 Å². The number of aromatic nitrogens is 1. The monoisotopic (exact) mass is 291 g/mol. The smallest absolute Gasteiger partial charge is 0.0511 e. The summed E-state index contributed by atoms with van der Waals surface area (Å²) < 4.78 is 0. The minimum absolute atomic E-state index is 0.558. The van der Waals surface area contributed by atoms with E-state index in [-0.39, 0.29) is 0 Å². The molecule has 2 heteroatoms. The first-order chi connectivity index (χ1) is 9.32. The van der Waals surface area contributed by atoms with Gasteiger partial charge in [0.1, 0.15) is 0 Å². The molecule has 1 aromatic rings. The highest BCUT2D eigenvalue weighted by Crippen LogP contribution is 2.48. The standard InChI is InChI=1S/C18H29NS/c1-10(2)15-8-12(5)14(7)20-18-13(6)19-9-16(11(3)4)17(15)18/h9-12,14-15H,8H2,1-7H3/t12-,14-,15?/m0/s1. The number of nitrogens with zero attached hydrogens (tertiary/aromatic N) is 1. The Balaban J connectivity index is 2.65. The van der Waals surface area contributed by atoms with Crippen LogP contribution in [0.1, 0.15) is 76.6 Å². The molecule has 0 aliphatic carbocycles. The number of rotatable bonds is 2. The summed E-state index contributed by atoms with van der Waals surface area (Å²) in [5.74, 6) is 2.69. The molecule has 112 valence electrons. The summed E-state index contributed by atoms with van der Waals surface area (Å²) in [5.41, 5.74) is 4.31. The molecule has 0 spiro atoms. The topological polar surface area (TPSA) is 12.9 Å². The van der Waals surface area contributed by atoms with Gasteiger partial charge in [0.2, 0.25) is 0 Å². The third kappa shape index (κ3) is 2.90. The van der Waals surface area contributed by atoms with E-state index in [1.807, 2.05) is 0 Å². The molecule has 0 fully saturated rings. The molecule has 2 rings (SSSR count). The maximum Gasteiger partial charge on any atom is 0.0511 e. The minimum Gasteiger partial charge on any atom is -0.260 e. The van der Waals surface area contributed by atoms with Crippen LogP contribution in [-0.4, -0.2) is 10.2 Å². The van der Waals surface area contributed by atoms with Gasteiger partial charge in [-0.15, -0.1) is 11.8 Å².